The fourth-order valence-electron chi connectivity index (χ4n) is 4.15. The molecule has 2 aromatic rings. The molecular weight excluding hydrogens is 417 g/mol. The number of hydrogen-bond acceptors (Lipinski definition) is 4. The van der Waals surface area contributed by atoms with Crippen molar-refractivity contribution in [3.05, 3.63) is 65.2 Å². The van der Waals surface area contributed by atoms with E-state index in [2.05, 4.69) is 39.5 Å². The minimum absolute atomic E-state index is 0. The second-order valence-corrected chi connectivity index (χ2v) is 7.27. The van der Waals surface area contributed by atoms with E-state index in [1.54, 1.807) is 6.20 Å². The maximum absolute atomic E-state index is 5.98. The molecule has 1 radical (unpaired) electrons. The van der Waals surface area contributed by atoms with Crippen LogP contribution < -0.4 is 9.47 Å². The van der Waals surface area contributed by atoms with E-state index in [0.717, 1.165) is 42.8 Å². The molecule has 2 saturated heterocycles. The van der Waals surface area contributed by atoms with E-state index in [4.69, 9.17) is 9.47 Å². The molecule has 3 atom stereocenters. The van der Waals surface area contributed by atoms with Gasteiger partial charge in [0.05, 0.1) is 0 Å². The minimum atomic E-state index is -0.0933. The van der Waals surface area contributed by atoms with Crippen LogP contribution in [-0.4, -0.2) is 42.7 Å². The van der Waals surface area contributed by atoms with Gasteiger partial charge in [0, 0.05) is 45.5 Å². The average Bonchev–Trinajstić information content (AvgIpc) is 3.23. The molecule has 5 rings (SSSR count). The van der Waals surface area contributed by atoms with Crippen LogP contribution in [0.15, 0.2) is 42.6 Å². The molecule has 141 valence electrons. The summed E-state index contributed by atoms with van der Waals surface area (Å²) < 4.78 is 11.8. The van der Waals surface area contributed by atoms with Gasteiger partial charge < -0.3 is 20.9 Å². The van der Waals surface area contributed by atoms with Gasteiger partial charge in [0.15, 0.2) is 11.9 Å². The quantitative estimate of drug-likeness (QED) is 0.727. The first-order valence-corrected chi connectivity index (χ1v) is 9.04. The number of fused-ring (bicyclic) bond motifs is 2. The van der Waals surface area contributed by atoms with Crippen molar-refractivity contribution in [3.63, 3.8) is 0 Å². The molecular formula is C20H24N4O2Y-2. The van der Waals surface area contributed by atoms with E-state index in [1.807, 2.05) is 12.1 Å². The molecule has 3 aliphatic heterocycles. The van der Waals surface area contributed by atoms with Gasteiger partial charge >= 0.3 is 0 Å². The van der Waals surface area contributed by atoms with Gasteiger partial charge in [0.2, 0.25) is 0 Å². The van der Waals surface area contributed by atoms with Gasteiger partial charge in [0.25, 0.3) is 5.88 Å². The molecule has 0 amide bonds. The zero-order valence-electron chi connectivity index (χ0n) is 15.3. The number of benzene rings is 1. The second kappa shape index (κ2) is 8.97. The third kappa shape index (κ3) is 4.35. The molecule has 7 heteroatoms. The molecule has 0 aliphatic carbocycles. The first-order chi connectivity index (χ1) is 12.3. The minimum Gasteiger partial charge on any atom is -0.693 e. The Bertz CT molecular complexity index is 746. The van der Waals surface area contributed by atoms with E-state index in [-0.39, 0.29) is 45.0 Å². The number of pyridine rings is 1. The summed E-state index contributed by atoms with van der Waals surface area (Å²) >= 11 is 0. The number of hydrogen-bond donors (Lipinski definition) is 0. The van der Waals surface area contributed by atoms with E-state index >= 15 is 0 Å². The van der Waals surface area contributed by atoms with Crippen molar-refractivity contribution in [3.8, 4) is 11.6 Å². The fraction of sp³-hybridized carbons (Fsp3) is 0.450. The summed E-state index contributed by atoms with van der Waals surface area (Å²) in [6, 6.07) is 12.5. The number of aromatic nitrogens is 1. The number of nitrogens with two attached hydrogens (primary N) is 1. The van der Waals surface area contributed by atoms with Crippen LogP contribution in [0.4, 0.5) is 0 Å². The van der Waals surface area contributed by atoms with E-state index < -0.39 is 0 Å². The van der Waals surface area contributed by atoms with E-state index in [0.29, 0.717) is 12.5 Å². The van der Waals surface area contributed by atoms with Crippen molar-refractivity contribution >= 4 is 0 Å². The molecule has 0 spiro atoms. The number of rotatable bonds is 3. The second-order valence-electron chi connectivity index (χ2n) is 7.27. The third-order valence-corrected chi connectivity index (χ3v) is 5.52. The van der Waals surface area contributed by atoms with Crippen LogP contribution in [0.25, 0.3) is 11.5 Å². The van der Waals surface area contributed by atoms with Gasteiger partial charge in [-0.3, -0.25) is 4.90 Å². The number of nitrogens with zero attached hydrogens (tertiary/aromatic N) is 3. The third-order valence-electron chi connectivity index (χ3n) is 5.52. The zero-order chi connectivity index (χ0) is 16.6. The molecule has 1 aromatic heterocycles. The molecule has 4 heterocycles. The van der Waals surface area contributed by atoms with Crippen molar-refractivity contribution in [2.75, 3.05) is 32.8 Å². The van der Waals surface area contributed by atoms with Crippen molar-refractivity contribution in [1.29, 1.82) is 0 Å². The van der Waals surface area contributed by atoms with Crippen LogP contribution in [0.2, 0.25) is 0 Å². The van der Waals surface area contributed by atoms with Crippen LogP contribution in [0, 0.1) is 11.8 Å². The van der Waals surface area contributed by atoms with Gasteiger partial charge in [-0.05, 0) is 48.2 Å². The van der Waals surface area contributed by atoms with Crippen molar-refractivity contribution in [2.45, 2.75) is 12.6 Å². The number of likely N-dealkylation sites (tertiary alicyclic amines) is 1. The summed E-state index contributed by atoms with van der Waals surface area (Å²) in [5.74, 6) is 2.89. The Balaban J connectivity index is 0.00000105. The number of ether oxygens (including phenoxy) is 2. The molecule has 0 saturated carbocycles. The van der Waals surface area contributed by atoms with Gasteiger partial charge in [-0.25, -0.2) is 4.98 Å². The fourth-order valence-corrected chi connectivity index (χ4v) is 4.15. The molecule has 2 N–H and O–H groups in total. The summed E-state index contributed by atoms with van der Waals surface area (Å²) in [7, 11) is 0. The Morgan fingerprint density at radius 1 is 1.07 bits per heavy atom. The SMILES string of the molecule is [NH2-].[Y].c1cnc2c(c1)OCC(c1ccc(CN3CC4C[N-]CC4C3)cc1)O2. The van der Waals surface area contributed by atoms with Crippen LogP contribution >= 0.6 is 0 Å². The average molecular weight is 441 g/mol. The molecule has 6 nitrogen and oxygen atoms in total. The predicted molar refractivity (Wildman–Crippen MR) is 100 cm³/mol. The first-order valence-electron chi connectivity index (χ1n) is 9.04. The summed E-state index contributed by atoms with van der Waals surface area (Å²) in [6.07, 6.45) is 1.64. The van der Waals surface area contributed by atoms with E-state index in [9.17, 15) is 0 Å². The van der Waals surface area contributed by atoms with Gasteiger partial charge in [0.1, 0.15) is 6.61 Å². The van der Waals surface area contributed by atoms with Crippen LogP contribution in [0.1, 0.15) is 17.2 Å². The van der Waals surface area contributed by atoms with Gasteiger partial charge in [-0.1, -0.05) is 24.3 Å². The monoisotopic (exact) mass is 441 g/mol. The topological polar surface area (TPSA) is 82.2 Å². The largest absolute Gasteiger partial charge is 0.693 e. The van der Waals surface area contributed by atoms with Crippen LogP contribution in [-0.2, 0) is 39.3 Å². The Kier molecular flexibility index (Phi) is 6.87. The normalized spacial score (nSPS) is 26.0. The maximum Gasteiger partial charge on any atom is 0.257 e. The van der Waals surface area contributed by atoms with Gasteiger partial charge in [-0.15, -0.1) is 13.1 Å². The maximum atomic E-state index is 5.98. The zero-order valence-corrected chi connectivity index (χ0v) is 18.2. The predicted octanol–water partition coefficient (Wildman–Crippen LogP) is 3.74. The van der Waals surface area contributed by atoms with Crippen molar-refractivity contribution < 1.29 is 42.2 Å². The van der Waals surface area contributed by atoms with Crippen LogP contribution in [0.3, 0.4) is 0 Å². The van der Waals surface area contributed by atoms with Gasteiger partial charge in [-0.2, -0.15) is 0 Å². The van der Waals surface area contributed by atoms with E-state index in [1.165, 1.54) is 18.7 Å². The Morgan fingerprint density at radius 2 is 1.81 bits per heavy atom. The first kappa shape index (κ1) is 20.7. The summed E-state index contributed by atoms with van der Waals surface area (Å²) in [6.45, 7) is 6.07. The molecule has 0 bridgehead atoms. The molecule has 1 aromatic carbocycles. The smallest absolute Gasteiger partial charge is 0.257 e. The van der Waals surface area contributed by atoms with Crippen LogP contribution in [0.5, 0.6) is 11.6 Å². The standard InChI is InChI=1S/C20H22N3O2.H2N.Y/c1-2-18-20(22-7-1)25-19(13-24-18)15-5-3-14(4-6-15)10-23-11-16-8-21-9-17(16)12-23;;/h1-7,16-17,19H,8-13H2;1H2;/q2*-1;. The van der Waals surface area contributed by atoms with Crippen molar-refractivity contribution in [1.82, 2.24) is 9.88 Å². The molecule has 3 unspecified atom stereocenters. The summed E-state index contributed by atoms with van der Waals surface area (Å²) in [4.78, 5) is 6.82. The summed E-state index contributed by atoms with van der Waals surface area (Å²) in [5, 5.41) is 4.53. The Labute approximate surface area is 185 Å². The molecule has 2 fully saturated rings. The Morgan fingerprint density at radius 3 is 2.56 bits per heavy atom. The molecule has 3 aliphatic rings. The Hall–Kier alpha value is -1.05. The van der Waals surface area contributed by atoms with Crippen molar-refractivity contribution in [2.24, 2.45) is 11.8 Å². The molecule has 27 heavy (non-hydrogen) atoms. The summed E-state index contributed by atoms with van der Waals surface area (Å²) in [5.41, 5.74) is 2.49.